The smallest absolute Gasteiger partial charge is 0.262 e. The first-order valence-corrected chi connectivity index (χ1v) is 9.61. The zero-order valence-corrected chi connectivity index (χ0v) is 16.2. The van der Waals surface area contributed by atoms with Gasteiger partial charge in [-0.05, 0) is 61.8 Å². The van der Waals surface area contributed by atoms with Gasteiger partial charge in [0.2, 0.25) is 0 Å². The van der Waals surface area contributed by atoms with Crippen molar-refractivity contribution in [2.45, 2.75) is 40.0 Å². The first-order valence-electron chi connectivity index (χ1n) is 8.79. The van der Waals surface area contributed by atoms with E-state index < -0.39 is 5.91 Å². The van der Waals surface area contributed by atoms with Gasteiger partial charge in [0.05, 0.1) is 5.56 Å². The third-order valence-electron chi connectivity index (χ3n) is 4.71. The number of fused-ring (bicyclic) bond motifs is 1. The minimum absolute atomic E-state index is 0.110. The minimum atomic E-state index is -0.484. The van der Waals surface area contributed by atoms with Crippen molar-refractivity contribution in [1.82, 2.24) is 0 Å². The van der Waals surface area contributed by atoms with Crippen molar-refractivity contribution in [1.29, 1.82) is 0 Å². The number of carbonyl (C=O) groups excluding carboxylic acids is 2. The SMILES string of the molecule is Cc1ccc(C)c(OCC(=O)Nc2sc3c(c2C(N)=O)CC[C@H](C)C3)c1. The van der Waals surface area contributed by atoms with E-state index in [0.717, 1.165) is 40.8 Å². The molecule has 1 aliphatic rings. The van der Waals surface area contributed by atoms with E-state index in [0.29, 0.717) is 22.2 Å². The van der Waals surface area contributed by atoms with Crippen molar-refractivity contribution >= 4 is 28.2 Å². The van der Waals surface area contributed by atoms with Crippen molar-refractivity contribution in [3.8, 4) is 5.75 Å². The van der Waals surface area contributed by atoms with Crippen molar-refractivity contribution < 1.29 is 14.3 Å². The van der Waals surface area contributed by atoms with Crippen LogP contribution in [0.5, 0.6) is 5.75 Å². The molecule has 0 spiro atoms. The normalized spacial score (nSPS) is 16.0. The maximum Gasteiger partial charge on any atom is 0.262 e. The van der Waals surface area contributed by atoms with Crippen molar-refractivity contribution in [2.24, 2.45) is 11.7 Å². The predicted octanol–water partition coefficient (Wildman–Crippen LogP) is 3.61. The molecule has 1 aliphatic carbocycles. The van der Waals surface area contributed by atoms with Crippen LogP contribution in [0, 0.1) is 19.8 Å². The Balaban J connectivity index is 1.73. The summed E-state index contributed by atoms with van der Waals surface area (Å²) in [4.78, 5) is 25.4. The molecule has 138 valence electrons. The van der Waals surface area contributed by atoms with Crippen LogP contribution < -0.4 is 15.8 Å². The molecule has 2 amide bonds. The lowest BCUT2D eigenvalue weighted by atomic mass is 9.88. The van der Waals surface area contributed by atoms with Crippen LogP contribution in [0.2, 0.25) is 0 Å². The summed E-state index contributed by atoms with van der Waals surface area (Å²) in [7, 11) is 0. The summed E-state index contributed by atoms with van der Waals surface area (Å²) < 4.78 is 5.65. The Hall–Kier alpha value is -2.34. The highest BCUT2D eigenvalue weighted by Crippen LogP contribution is 2.39. The molecule has 0 bridgehead atoms. The molecule has 1 aromatic heterocycles. The van der Waals surface area contributed by atoms with Gasteiger partial charge < -0.3 is 15.8 Å². The number of hydrogen-bond acceptors (Lipinski definition) is 4. The van der Waals surface area contributed by atoms with E-state index in [1.54, 1.807) is 0 Å². The second kappa shape index (κ2) is 7.50. The number of hydrogen-bond donors (Lipinski definition) is 2. The lowest BCUT2D eigenvalue weighted by Crippen LogP contribution is -2.23. The summed E-state index contributed by atoms with van der Waals surface area (Å²) in [6.07, 6.45) is 2.79. The van der Waals surface area contributed by atoms with Crippen LogP contribution in [0.25, 0.3) is 0 Å². The topological polar surface area (TPSA) is 81.4 Å². The summed E-state index contributed by atoms with van der Waals surface area (Å²) >= 11 is 1.46. The standard InChI is InChI=1S/C20H24N2O3S/c1-11-4-6-13(3)15(8-11)25-10-17(23)22-20-18(19(21)24)14-7-5-12(2)9-16(14)26-20/h4,6,8,12H,5,7,9-10H2,1-3H3,(H2,21,24)(H,22,23)/t12-/m0/s1. The zero-order chi connectivity index (χ0) is 18.8. The Morgan fingerprint density at radius 1 is 1.35 bits per heavy atom. The fraction of sp³-hybridized carbons (Fsp3) is 0.400. The van der Waals surface area contributed by atoms with Crippen molar-refractivity contribution in [3.05, 3.63) is 45.3 Å². The quantitative estimate of drug-likeness (QED) is 0.841. The maximum absolute atomic E-state index is 12.4. The number of amides is 2. The van der Waals surface area contributed by atoms with E-state index >= 15 is 0 Å². The number of carbonyl (C=O) groups is 2. The Bertz CT molecular complexity index is 857. The van der Waals surface area contributed by atoms with E-state index in [1.165, 1.54) is 11.3 Å². The number of nitrogens with two attached hydrogens (primary N) is 1. The van der Waals surface area contributed by atoms with Crippen LogP contribution in [0.4, 0.5) is 5.00 Å². The number of thiophene rings is 1. The van der Waals surface area contributed by atoms with Gasteiger partial charge in [-0.15, -0.1) is 11.3 Å². The predicted molar refractivity (Wildman–Crippen MR) is 104 cm³/mol. The first kappa shape index (κ1) is 18.5. The highest BCUT2D eigenvalue weighted by molar-refractivity contribution is 7.17. The number of primary amides is 1. The van der Waals surface area contributed by atoms with Crippen molar-refractivity contribution in [2.75, 3.05) is 11.9 Å². The summed E-state index contributed by atoms with van der Waals surface area (Å²) in [5, 5.41) is 3.37. The van der Waals surface area contributed by atoms with Gasteiger partial charge in [-0.3, -0.25) is 9.59 Å². The van der Waals surface area contributed by atoms with Gasteiger partial charge in [-0.25, -0.2) is 0 Å². The lowest BCUT2D eigenvalue weighted by molar-refractivity contribution is -0.118. The monoisotopic (exact) mass is 372 g/mol. The molecule has 2 aromatic rings. The molecule has 26 heavy (non-hydrogen) atoms. The summed E-state index contributed by atoms with van der Waals surface area (Å²) in [5.74, 6) is 0.496. The Labute approximate surface area is 157 Å². The molecule has 5 nitrogen and oxygen atoms in total. The van der Waals surface area contributed by atoms with Crippen LogP contribution in [0.15, 0.2) is 18.2 Å². The molecule has 0 fully saturated rings. The fourth-order valence-electron chi connectivity index (χ4n) is 3.27. The van der Waals surface area contributed by atoms with E-state index in [2.05, 4.69) is 12.2 Å². The number of benzene rings is 1. The molecule has 0 saturated carbocycles. The number of aryl methyl sites for hydroxylation is 2. The molecule has 0 aliphatic heterocycles. The van der Waals surface area contributed by atoms with Gasteiger partial charge in [0, 0.05) is 4.88 Å². The lowest BCUT2D eigenvalue weighted by Gasteiger charge is -2.18. The number of anilines is 1. The molecule has 1 heterocycles. The van der Waals surface area contributed by atoms with Crippen molar-refractivity contribution in [3.63, 3.8) is 0 Å². The molecule has 3 rings (SSSR count). The number of ether oxygens (including phenoxy) is 1. The molecule has 6 heteroatoms. The van der Waals surface area contributed by atoms with Gasteiger partial charge >= 0.3 is 0 Å². The molecule has 0 saturated heterocycles. The van der Waals surface area contributed by atoms with Gasteiger partial charge in [0.1, 0.15) is 10.8 Å². The van der Waals surface area contributed by atoms with Gasteiger partial charge in [-0.2, -0.15) is 0 Å². The third kappa shape index (κ3) is 3.90. The maximum atomic E-state index is 12.4. The third-order valence-corrected chi connectivity index (χ3v) is 5.88. The van der Waals surface area contributed by atoms with Crippen LogP contribution in [-0.4, -0.2) is 18.4 Å². The molecule has 1 atom stereocenters. The largest absolute Gasteiger partial charge is 0.483 e. The van der Waals surface area contributed by atoms with E-state index in [1.807, 2.05) is 32.0 Å². The summed E-state index contributed by atoms with van der Waals surface area (Å²) in [6, 6.07) is 5.86. The van der Waals surface area contributed by atoms with E-state index in [4.69, 9.17) is 10.5 Å². The van der Waals surface area contributed by atoms with Crippen LogP contribution in [-0.2, 0) is 17.6 Å². The molecule has 0 unspecified atom stereocenters. The van der Waals surface area contributed by atoms with Crippen LogP contribution in [0.1, 0.15) is 45.3 Å². The van der Waals surface area contributed by atoms with E-state index in [9.17, 15) is 9.59 Å². The second-order valence-electron chi connectivity index (χ2n) is 7.03. The molecular weight excluding hydrogens is 348 g/mol. The Morgan fingerprint density at radius 3 is 2.85 bits per heavy atom. The fourth-order valence-corrected chi connectivity index (χ4v) is 4.70. The summed E-state index contributed by atoms with van der Waals surface area (Å²) in [5.41, 5.74) is 9.10. The molecule has 0 radical (unpaired) electrons. The first-order chi connectivity index (χ1) is 12.3. The zero-order valence-electron chi connectivity index (χ0n) is 15.3. The molecular formula is C20H24N2O3S. The Morgan fingerprint density at radius 2 is 2.12 bits per heavy atom. The highest BCUT2D eigenvalue weighted by atomic mass is 32.1. The molecule has 1 aromatic carbocycles. The van der Waals surface area contributed by atoms with Crippen LogP contribution in [0.3, 0.4) is 0 Å². The minimum Gasteiger partial charge on any atom is -0.483 e. The van der Waals surface area contributed by atoms with Gasteiger partial charge in [0.15, 0.2) is 6.61 Å². The average molecular weight is 372 g/mol. The second-order valence-corrected chi connectivity index (χ2v) is 8.13. The highest BCUT2D eigenvalue weighted by Gasteiger charge is 2.27. The van der Waals surface area contributed by atoms with Gasteiger partial charge in [-0.1, -0.05) is 19.1 Å². The number of rotatable bonds is 5. The number of nitrogens with one attached hydrogen (secondary N) is 1. The molecule has 3 N–H and O–H groups in total. The summed E-state index contributed by atoms with van der Waals surface area (Å²) in [6.45, 7) is 6.00. The van der Waals surface area contributed by atoms with E-state index in [-0.39, 0.29) is 12.5 Å². The van der Waals surface area contributed by atoms with Gasteiger partial charge in [0.25, 0.3) is 11.8 Å². The Kier molecular flexibility index (Phi) is 5.32. The average Bonchev–Trinajstić information content (AvgIpc) is 2.92. The van der Waals surface area contributed by atoms with Crippen LogP contribution >= 0.6 is 11.3 Å².